The predicted molar refractivity (Wildman–Crippen MR) is 119 cm³/mol. The third-order valence-electron chi connectivity index (χ3n) is 4.07. The van der Waals surface area contributed by atoms with Crippen LogP contribution in [0.1, 0.15) is 5.76 Å². The van der Waals surface area contributed by atoms with Crippen molar-refractivity contribution in [1.82, 2.24) is 9.88 Å². The Labute approximate surface area is 186 Å². The number of nitrogens with zero attached hydrogens (tertiary/aromatic N) is 3. The molecule has 1 aromatic carbocycles. The first kappa shape index (κ1) is 20.0. The second-order valence-corrected chi connectivity index (χ2v) is 8.26. The molecule has 5 nitrogen and oxygen atoms in total. The fraction of sp³-hybridized carbons (Fsp3) is 0.0500. The Morgan fingerprint density at radius 3 is 2.69 bits per heavy atom. The van der Waals surface area contributed by atoms with Gasteiger partial charge in [0.15, 0.2) is 5.17 Å². The number of carbonyl (C=O) groups excluding carboxylic acids is 1. The van der Waals surface area contributed by atoms with E-state index in [9.17, 15) is 4.79 Å². The van der Waals surface area contributed by atoms with Gasteiger partial charge in [0.1, 0.15) is 11.5 Å². The second-order valence-electron chi connectivity index (χ2n) is 6.03. The standard InChI is InChI=1S/C20H12Cl3N3O2S/c1-26-19(27)18(29-20(26)25-16-6-7-24-10-15(16)23)9-12-3-5-17(28-12)11-2-4-13(21)14(22)8-11/h2-10H,1H3/b18-9+,25-20?. The molecule has 1 amide bonds. The Kier molecular flexibility index (Phi) is 5.69. The van der Waals surface area contributed by atoms with Gasteiger partial charge in [-0.15, -0.1) is 0 Å². The normalized spacial score (nSPS) is 17.0. The Hall–Kier alpha value is -2.25. The van der Waals surface area contributed by atoms with Crippen LogP contribution in [0.5, 0.6) is 0 Å². The molecule has 9 heteroatoms. The van der Waals surface area contributed by atoms with Gasteiger partial charge >= 0.3 is 0 Å². The van der Waals surface area contributed by atoms with E-state index in [1.807, 2.05) is 12.1 Å². The van der Waals surface area contributed by atoms with Gasteiger partial charge in [0.25, 0.3) is 5.91 Å². The minimum atomic E-state index is -0.175. The Bertz CT molecular complexity index is 1170. The van der Waals surface area contributed by atoms with Crippen LogP contribution in [0.3, 0.4) is 0 Å². The zero-order valence-electron chi connectivity index (χ0n) is 14.9. The third-order valence-corrected chi connectivity index (χ3v) is 6.17. The van der Waals surface area contributed by atoms with Gasteiger partial charge in [-0.3, -0.25) is 14.7 Å². The highest BCUT2D eigenvalue weighted by atomic mass is 35.5. The number of amidine groups is 1. The number of pyridine rings is 1. The molecule has 0 radical (unpaired) electrons. The Morgan fingerprint density at radius 1 is 1.10 bits per heavy atom. The van der Waals surface area contributed by atoms with Crippen LogP contribution < -0.4 is 0 Å². The highest BCUT2D eigenvalue weighted by Gasteiger charge is 2.31. The minimum absolute atomic E-state index is 0.175. The van der Waals surface area contributed by atoms with Crippen LogP contribution >= 0.6 is 46.6 Å². The van der Waals surface area contributed by atoms with E-state index in [1.54, 1.807) is 43.6 Å². The minimum Gasteiger partial charge on any atom is -0.457 e. The van der Waals surface area contributed by atoms with Gasteiger partial charge in [0.05, 0.1) is 25.7 Å². The van der Waals surface area contributed by atoms with Gasteiger partial charge in [-0.1, -0.05) is 34.8 Å². The van der Waals surface area contributed by atoms with Crippen LogP contribution in [0.2, 0.25) is 15.1 Å². The van der Waals surface area contributed by atoms with Gasteiger partial charge in [0, 0.05) is 31.1 Å². The van der Waals surface area contributed by atoms with Gasteiger partial charge < -0.3 is 4.42 Å². The number of aliphatic imine (C=N–C) groups is 1. The molecule has 3 aromatic rings. The Morgan fingerprint density at radius 2 is 1.93 bits per heavy atom. The number of hydrogen-bond acceptors (Lipinski definition) is 5. The summed E-state index contributed by atoms with van der Waals surface area (Å²) in [4.78, 5) is 23.0. The van der Waals surface area contributed by atoms with E-state index < -0.39 is 0 Å². The van der Waals surface area contributed by atoms with Crippen LogP contribution in [-0.2, 0) is 4.79 Å². The summed E-state index contributed by atoms with van der Waals surface area (Å²) in [6, 6.07) is 10.5. The molecule has 1 aliphatic heterocycles. The van der Waals surface area contributed by atoms with Gasteiger partial charge in [-0.2, -0.15) is 0 Å². The average molecular weight is 465 g/mol. The third kappa shape index (κ3) is 4.21. The topological polar surface area (TPSA) is 58.7 Å². The maximum atomic E-state index is 12.6. The van der Waals surface area contributed by atoms with Gasteiger partial charge in [-0.25, -0.2) is 4.99 Å². The lowest BCUT2D eigenvalue weighted by molar-refractivity contribution is -0.121. The largest absolute Gasteiger partial charge is 0.457 e. The first-order valence-electron chi connectivity index (χ1n) is 8.33. The molecule has 0 aliphatic carbocycles. The van der Waals surface area contributed by atoms with Crippen molar-refractivity contribution in [3.63, 3.8) is 0 Å². The number of furan rings is 1. The quantitative estimate of drug-likeness (QED) is 0.413. The zero-order valence-corrected chi connectivity index (χ0v) is 18.0. The number of rotatable bonds is 3. The lowest BCUT2D eigenvalue weighted by Crippen LogP contribution is -2.23. The van der Waals surface area contributed by atoms with E-state index in [4.69, 9.17) is 39.2 Å². The van der Waals surface area contributed by atoms with E-state index in [2.05, 4.69) is 9.98 Å². The van der Waals surface area contributed by atoms with Crippen LogP contribution in [0.4, 0.5) is 5.69 Å². The van der Waals surface area contributed by atoms with Crippen molar-refractivity contribution in [2.24, 2.45) is 4.99 Å². The van der Waals surface area contributed by atoms with Crippen LogP contribution in [0, 0.1) is 0 Å². The molecule has 0 bridgehead atoms. The molecule has 4 rings (SSSR count). The van der Waals surface area contributed by atoms with Crippen LogP contribution in [0.25, 0.3) is 17.4 Å². The SMILES string of the molecule is CN1C(=O)/C(=C\c2ccc(-c3ccc(Cl)c(Cl)c3)o2)SC1=Nc1ccncc1Cl. The van der Waals surface area contributed by atoms with Crippen molar-refractivity contribution in [2.75, 3.05) is 7.05 Å². The molecule has 3 heterocycles. The molecule has 0 spiro atoms. The second kappa shape index (κ2) is 8.24. The number of hydrogen-bond donors (Lipinski definition) is 0. The number of amides is 1. The Balaban J connectivity index is 1.60. The summed E-state index contributed by atoms with van der Waals surface area (Å²) in [7, 11) is 1.66. The molecule has 0 saturated carbocycles. The summed E-state index contributed by atoms with van der Waals surface area (Å²) >= 11 is 19.4. The summed E-state index contributed by atoms with van der Waals surface area (Å²) in [5.41, 5.74) is 1.34. The number of aromatic nitrogens is 1. The van der Waals surface area contributed by atoms with Crippen molar-refractivity contribution in [3.8, 4) is 11.3 Å². The molecular formula is C20H12Cl3N3O2S. The number of likely N-dealkylation sites (N-methyl/N-ethyl adjacent to an activating group) is 1. The number of benzene rings is 1. The van der Waals surface area contributed by atoms with Crippen molar-refractivity contribution >= 4 is 69.4 Å². The summed E-state index contributed by atoms with van der Waals surface area (Å²) < 4.78 is 5.85. The highest BCUT2D eigenvalue weighted by molar-refractivity contribution is 8.18. The number of carbonyl (C=O) groups is 1. The molecule has 1 saturated heterocycles. The van der Waals surface area contributed by atoms with Crippen molar-refractivity contribution in [3.05, 3.63) is 74.5 Å². The molecule has 2 aromatic heterocycles. The van der Waals surface area contributed by atoms with Crippen LogP contribution in [0.15, 0.2) is 63.1 Å². The van der Waals surface area contributed by atoms with E-state index in [-0.39, 0.29) is 5.91 Å². The van der Waals surface area contributed by atoms with Gasteiger partial charge in [-0.05, 0) is 48.2 Å². The lowest BCUT2D eigenvalue weighted by atomic mass is 10.2. The summed E-state index contributed by atoms with van der Waals surface area (Å²) in [5.74, 6) is 0.988. The fourth-order valence-corrected chi connectivity index (χ4v) is 4.00. The maximum Gasteiger partial charge on any atom is 0.266 e. The monoisotopic (exact) mass is 463 g/mol. The molecular weight excluding hydrogens is 453 g/mol. The number of halogens is 3. The molecule has 1 aliphatic rings. The first-order valence-corrected chi connectivity index (χ1v) is 10.3. The summed E-state index contributed by atoms with van der Waals surface area (Å²) in [5, 5.41) is 1.85. The van der Waals surface area contributed by atoms with Crippen molar-refractivity contribution < 1.29 is 9.21 Å². The predicted octanol–water partition coefficient (Wildman–Crippen LogP) is 6.54. The maximum absolute atomic E-state index is 12.6. The summed E-state index contributed by atoms with van der Waals surface area (Å²) in [6.45, 7) is 0. The first-order chi connectivity index (χ1) is 13.9. The summed E-state index contributed by atoms with van der Waals surface area (Å²) in [6.07, 6.45) is 4.78. The van der Waals surface area contributed by atoms with Gasteiger partial charge in [0.2, 0.25) is 0 Å². The molecule has 0 atom stereocenters. The molecule has 0 N–H and O–H groups in total. The van der Waals surface area contributed by atoms with E-state index in [0.717, 1.165) is 5.56 Å². The molecule has 146 valence electrons. The zero-order chi connectivity index (χ0) is 20.5. The number of thioether (sulfide) groups is 1. The van der Waals surface area contributed by atoms with Crippen LogP contribution in [-0.4, -0.2) is 28.0 Å². The smallest absolute Gasteiger partial charge is 0.266 e. The van der Waals surface area contributed by atoms with E-state index in [0.29, 0.717) is 42.3 Å². The average Bonchev–Trinajstić information content (AvgIpc) is 3.27. The molecule has 0 unspecified atom stereocenters. The molecule has 29 heavy (non-hydrogen) atoms. The van der Waals surface area contributed by atoms with Crippen molar-refractivity contribution in [1.29, 1.82) is 0 Å². The highest BCUT2D eigenvalue weighted by Crippen LogP contribution is 2.36. The fourth-order valence-electron chi connectivity index (χ4n) is 2.58. The lowest BCUT2D eigenvalue weighted by Gasteiger charge is -2.07. The van der Waals surface area contributed by atoms with E-state index in [1.165, 1.54) is 22.9 Å². The van der Waals surface area contributed by atoms with E-state index >= 15 is 0 Å². The van der Waals surface area contributed by atoms with Crippen molar-refractivity contribution in [2.45, 2.75) is 0 Å². The molecule has 1 fully saturated rings.